The summed E-state index contributed by atoms with van der Waals surface area (Å²) in [6.07, 6.45) is 0. The lowest BCUT2D eigenvalue weighted by atomic mass is 10.1. The largest absolute Gasteiger partial charge is 0.399 e. The highest BCUT2D eigenvalue weighted by atomic mass is 32.3. The van der Waals surface area contributed by atoms with E-state index in [1.165, 1.54) is 39.9 Å². The van der Waals surface area contributed by atoms with Crippen molar-refractivity contribution in [2.45, 2.75) is 9.79 Å². The summed E-state index contributed by atoms with van der Waals surface area (Å²) in [6, 6.07) is 14.6. The van der Waals surface area contributed by atoms with Crippen molar-refractivity contribution < 1.29 is 17.5 Å². The highest BCUT2D eigenvalue weighted by Gasteiger charge is 2.36. The molecule has 0 spiro atoms. The summed E-state index contributed by atoms with van der Waals surface area (Å²) in [4.78, 5) is 0.805. The van der Waals surface area contributed by atoms with Crippen molar-refractivity contribution in [3.63, 3.8) is 0 Å². The highest BCUT2D eigenvalue weighted by Crippen LogP contribution is 2.56. The molecule has 7 nitrogen and oxygen atoms in total. The SMILES string of the molecule is N#Cc1cc(-c2ccc3c(c2)N(S(=O)(=O)c2ccc(N)cc2)CCS3(O)O)cs1. The van der Waals surface area contributed by atoms with Crippen LogP contribution in [0.15, 0.2) is 63.7 Å². The van der Waals surface area contributed by atoms with Gasteiger partial charge in [0.15, 0.2) is 0 Å². The van der Waals surface area contributed by atoms with Gasteiger partial charge >= 0.3 is 0 Å². The molecular weight excluding hydrogens is 430 g/mol. The smallest absolute Gasteiger partial charge is 0.264 e. The molecule has 0 saturated heterocycles. The Morgan fingerprint density at radius 2 is 1.83 bits per heavy atom. The number of thiophene rings is 1. The van der Waals surface area contributed by atoms with Gasteiger partial charge in [-0.2, -0.15) is 15.9 Å². The van der Waals surface area contributed by atoms with Gasteiger partial charge in [-0.05, 0) is 59.0 Å². The first kappa shape index (κ1) is 19.8. The summed E-state index contributed by atoms with van der Waals surface area (Å²) in [7, 11) is -7.02. The van der Waals surface area contributed by atoms with Crippen LogP contribution in [0.3, 0.4) is 0 Å². The molecule has 1 aromatic heterocycles. The minimum Gasteiger partial charge on any atom is -0.399 e. The first-order valence-electron chi connectivity index (χ1n) is 8.50. The van der Waals surface area contributed by atoms with Crippen molar-refractivity contribution >= 4 is 43.3 Å². The molecule has 2 aromatic carbocycles. The average molecular weight is 448 g/mol. The molecule has 150 valence electrons. The van der Waals surface area contributed by atoms with E-state index in [4.69, 9.17) is 11.0 Å². The van der Waals surface area contributed by atoms with Gasteiger partial charge in [-0.25, -0.2) is 8.42 Å². The van der Waals surface area contributed by atoms with Crippen molar-refractivity contribution in [1.29, 1.82) is 5.26 Å². The topological polar surface area (TPSA) is 128 Å². The predicted molar refractivity (Wildman–Crippen MR) is 116 cm³/mol. The van der Waals surface area contributed by atoms with Crippen LogP contribution in [-0.2, 0) is 10.0 Å². The van der Waals surface area contributed by atoms with Crippen molar-refractivity contribution in [3.05, 3.63) is 58.8 Å². The van der Waals surface area contributed by atoms with E-state index in [0.717, 1.165) is 5.56 Å². The van der Waals surface area contributed by atoms with Crippen molar-refractivity contribution in [1.82, 2.24) is 0 Å². The third-order valence-electron chi connectivity index (χ3n) is 4.67. The number of nitrogen functional groups attached to an aromatic ring is 1. The monoisotopic (exact) mass is 447 g/mol. The third-order valence-corrected chi connectivity index (χ3v) is 9.13. The van der Waals surface area contributed by atoms with E-state index in [-0.39, 0.29) is 27.8 Å². The lowest BCUT2D eigenvalue weighted by Crippen LogP contribution is -2.38. The van der Waals surface area contributed by atoms with Crippen molar-refractivity contribution in [3.8, 4) is 17.2 Å². The lowest BCUT2D eigenvalue weighted by Gasteiger charge is -2.42. The van der Waals surface area contributed by atoms with Crippen LogP contribution in [0, 0.1) is 11.3 Å². The van der Waals surface area contributed by atoms with E-state index >= 15 is 0 Å². The maximum atomic E-state index is 13.3. The molecule has 3 aromatic rings. The molecule has 2 heterocycles. The number of sulfonamides is 1. The van der Waals surface area contributed by atoms with Gasteiger partial charge in [0.2, 0.25) is 0 Å². The number of anilines is 2. The van der Waals surface area contributed by atoms with Gasteiger partial charge in [0, 0.05) is 5.69 Å². The van der Waals surface area contributed by atoms with Crippen LogP contribution in [0.5, 0.6) is 0 Å². The molecule has 0 radical (unpaired) electrons. The number of nitrogens with zero attached hydrogens (tertiary/aromatic N) is 2. The Morgan fingerprint density at radius 1 is 1.10 bits per heavy atom. The fourth-order valence-electron chi connectivity index (χ4n) is 3.17. The van der Waals surface area contributed by atoms with Crippen LogP contribution in [0.1, 0.15) is 4.88 Å². The first-order chi connectivity index (χ1) is 13.7. The van der Waals surface area contributed by atoms with Gasteiger partial charge in [0.05, 0.1) is 27.8 Å². The van der Waals surface area contributed by atoms with E-state index < -0.39 is 20.6 Å². The number of nitrogens with two attached hydrogens (primary N) is 1. The average Bonchev–Trinajstić information content (AvgIpc) is 3.17. The van der Waals surface area contributed by atoms with Crippen LogP contribution < -0.4 is 10.0 Å². The van der Waals surface area contributed by atoms with Crippen LogP contribution in [0.25, 0.3) is 11.1 Å². The fourth-order valence-corrected chi connectivity index (χ4v) is 6.97. The highest BCUT2D eigenvalue weighted by molar-refractivity contribution is 8.24. The van der Waals surface area contributed by atoms with Crippen LogP contribution in [0.4, 0.5) is 11.4 Å². The van der Waals surface area contributed by atoms with E-state index in [1.807, 2.05) is 0 Å². The van der Waals surface area contributed by atoms with E-state index in [9.17, 15) is 17.5 Å². The van der Waals surface area contributed by atoms with Gasteiger partial charge < -0.3 is 5.73 Å². The van der Waals surface area contributed by atoms with Crippen LogP contribution in [-0.4, -0.2) is 29.8 Å². The second-order valence-corrected chi connectivity index (χ2v) is 11.5. The van der Waals surface area contributed by atoms with E-state index in [1.54, 1.807) is 29.6 Å². The molecule has 0 bridgehead atoms. The summed E-state index contributed by atoms with van der Waals surface area (Å²) in [5.74, 6) is -0.0788. The number of hydrogen-bond acceptors (Lipinski definition) is 7. The molecule has 0 unspecified atom stereocenters. The minimum atomic E-state index is -3.92. The molecular formula is C19H17N3O4S3. The maximum absolute atomic E-state index is 13.3. The Labute approximate surface area is 174 Å². The standard InChI is InChI=1S/C19H17N3O4S3/c20-11-16-9-14(12-27-16)13-1-6-19-18(10-13)22(7-8-28(19,23)24)29(25,26)17-4-2-15(21)3-5-17/h1-6,9-10,12,23-24H,7-8,21H2. The van der Waals surface area contributed by atoms with E-state index in [2.05, 4.69) is 6.07 Å². The Kier molecular flexibility index (Phi) is 4.80. The van der Waals surface area contributed by atoms with Gasteiger partial charge in [0.1, 0.15) is 10.9 Å². The number of fused-ring (bicyclic) bond motifs is 1. The molecule has 0 amide bonds. The number of hydrogen-bond donors (Lipinski definition) is 3. The molecule has 0 aliphatic carbocycles. The minimum absolute atomic E-state index is 0.0570. The molecule has 1 aliphatic heterocycles. The third kappa shape index (κ3) is 3.48. The quantitative estimate of drug-likeness (QED) is 0.517. The molecule has 29 heavy (non-hydrogen) atoms. The number of nitriles is 1. The zero-order valence-electron chi connectivity index (χ0n) is 15.0. The van der Waals surface area contributed by atoms with Gasteiger partial charge in [-0.3, -0.25) is 13.4 Å². The second-order valence-electron chi connectivity index (χ2n) is 6.51. The van der Waals surface area contributed by atoms with Crippen molar-refractivity contribution in [2.75, 3.05) is 22.3 Å². The maximum Gasteiger partial charge on any atom is 0.264 e. The zero-order valence-corrected chi connectivity index (χ0v) is 17.5. The first-order valence-corrected chi connectivity index (χ1v) is 12.5. The Bertz CT molecular complexity index is 1230. The summed E-state index contributed by atoms with van der Waals surface area (Å²) in [6.45, 7) is -0.0570. The summed E-state index contributed by atoms with van der Waals surface area (Å²) in [5, 5.41) is 10.9. The molecule has 0 atom stereocenters. The zero-order chi connectivity index (χ0) is 20.8. The number of benzene rings is 2. The van der Waals surface area contributed by atoms with Crippen LogP contribution >= 0.6 is 21.9 Å². The Balaban J connectivity index is 1.86. The Morgan fingerprint density at radius 3 is 2.48 bits per heavy atom. The molecule has 0 saturated carbocycles. The van der Waals surface area contributed by atoms with Gasteiger partial charge in [0.25, 0.3) is 10.0 Å². The molecule has 1 aliphatic rings. The lowest BCUT2D eigenvalue weighted by molar-refractivity contribution is 0.484. The summed E-state index contributed by atoms with van der Waals surface area (Å²) in [5.41, 5.74) is 7.80. The Hall–Kier alpha value is -2.55. The fraction of sp³-hybridized carbons (Fsp3) is 0.105. The molecule has 10 heteroatoms. The van der Waals surface area contributed by atoms with Gasteiger partial charge in [-0.1, -0.05) is 6.07 Å². The van der Waals surface area contributed by atoms with Crippen LogP contribution in [0.2, 0.25) is 0 Å². The summed E-state index contributed by atoms with van der Waals surface area (Å²) < 4.78 is 48.7. The molecule has 4 rings (SSSR count). The molecule has 0 fully saturated rings. The molecule has 4 N–H and O–H groups in total. The number of rotatable bonds is 3. The second kappa shape index (κ2) is 7.05. The van der Waals surface area contributed by atoms with E-state index in [0.29, 0.717) is 16.1 Å². The summed E-state index contributed by atoms with van der Waals surface area (Å²) >= 11 is 1.29. The normalized spacial score (nSPS) is 16.7. The van der Waals surface area contributed by atoms with Crippen molar-refractivity contribution in [2.24, 2.45) is 0 Å². The predicted octanol–water partition coefficient (Wildman–Crippen LogP) is 4.19. The van der Waals surface area contributed by atoms with Gasteiger partial charge in [-0.15, -0.1) is 11.3 Å².